The van der Waals surface area contributed by atoms with E-state index in [0.29, 0.717) is 51.1 Å². The van der Waals surface area contributed by atoms with Crippen LogP contribution >= 0.6 is 0 Å². The second-order valence-corrected chi connectivity index (χ2v) is 13.4. The number of ether oxygens (including phenoxy) is 2. The van der Waals surface area contributed by atoms with Crippen LogP contribution in [0.3, 0.4) is 0 Å². The van der Waals surface area contributed by atoms with Crippen LogP contribution in [0.4, 0.5) is 0 Å². The van der Waals surface area contributed by atoms with Crippen molar-refractivity contribution in [1.82, 2.24) is 4.90 Å². The average Bonchev–Trinajstić information content (AvgIpc) is 3.01. The summed E-state index contributed by atoms with van der Waals surface area (Å²) in [6.45, 7) is 7.79. The number of esters is 2. The van der Waals surface area contributed by atoms with Gasteiger partial charge in [0, 0.05) is 25.7 Å². The molecule has 0 saturated heterocycles. The van der Waals surface area contributed by atoms with Crippen molar-refractivity contribution in [2.75, 3.05) is 32.8 Å². The first-order chi connectivity index (χ1) is 21.0. The van der Waals surface area contributed by atoms with E-state index in [4.69, 9.17) is 15.2 Å². The highest BCUT2D eigenvalue weighted by Crippen LogP contribution is 2.24. The van der Waals surface area contributed by atoms with Crippen molar-refractivity contribution in [2.45, 2.75) is 187 Å². The SMILES string of the molecule is CCCCCCCCCCCCOC(=O)CCN(CCC(=O)OCCCCCCCCCCCC)CC1CCC(N)CC1. The molecular formula is C37H72N2O4. The van der Waals surface area contributed by atoms with Crippen molar-refractivity contribution in [3.8, 4) is 0 Å². The van der Waals surface area contributed by atoms with Crippen LogP contribution < -0.4 is 5.73 Å². The third-order valence-corrected chi connectivity index (χ3v) is 9.19. The summed E-state index contributed by atoms with van der Waals surface area (Å²) in [5.74, 6) is 0.357. The molecule has 1 saturated carbocycles. The van der Waals surface area contributed by atoms with Crippen molar-refractivity contribution in [2.24, 2.45) is 11.7 Å². The van der Waals surface area contributed by atoms with Gasteiger partial charge in [0.25, 0.3) is 0 Å². The molecule has 1 rings (SSSR count). The van der Waals surface area contributed by atoms with Crippen LogP contribution in [-0.2, 0) is 19.1 Å². The number of nitrogens with zero attached hydrogens (tertiary/aromatic N) is 1. The summed E-state index contributed by atoms with van der Waals surface area (Å²) in [6, 6.07) is 0.325. The van der Waals surface area contributed by atoms with Gasteiger partial charge in [0.1, 0.15) is 0 Å². The second kappa shape index (κ2) is 29.6. The lowest BCUT2D eigenvalue weighted by Crippen LogP contribution is -2.37. The first-order valence-electron chi connectivity index (χ1n) is 18.8. The third kappa shape index (κ3) is 25.8. The Kier molecular flexibility index (Phi) is 27.4. The number of carbonyl (C=O) groups excluding carboxylic acids is 2. The summed E-state index contributed by atoms with van der Waals surface area (Å²) >= 11 is 0. The summed E-state index contributed by atoms with van der Waals surface area (Å²) in [5.41, 5.74) is 6.12. The fraction of sp³-hybridized carbons (Fsp3) is 0.946. The van der Waals surface area contributed by atoms with Crippen LogP contribution in [0.2, 0.25) is 0 Å². The molecule has 0 atom stereocenters. The summed E-state index contributed by atoms with van der Waals surface area (Å²) in [5, 5.41) is 0. The molecule has 254 valence electrons. The van der Waals surface area contributed by atoms with Crippen LogP contribution in [0.5, 0.6) is 0 Å². The molecular weight excluding hydrogens is 536 g/mol. The summed E-state index contributed by atoms with van der Waals surface area (Å²) in [7, 11) is 0. The van der Waals surface area contributed by atoms with Gasteiger partial charge < -0.3 is 20.1 Å². The lowest BCUT2D eigenvalue weighted by Gasteiger charge is -2.31. The highest BCUT2D eigenvalue weighted by atomic mass is 16.5. The quantitative estimate of drug-likeness (QED) is 0.0646. The van der Waals surface area contributed by atoms with E-state index in [1.807, 2.05) is 0 Å². The van der Waals surface area contributed by atoms with E-state index in [1.54, 1.807) is 0 Å². The van der Waals surface area contributed by atoms with Crippen LogP contribution in [0.25, 0.3) is 0 Å². The smallest absolute Gasteiger partial charge is 0.307 e. The van der Waals surface area contributed by atoms with Crippen LogP contribution in [-0.4, -0.2) is 55.7 Å². The van der Waals surface area contributed by atoms with E-state index in [0.717, 1.165) is 57.9 Å². The zero-order valence-corrected chi connectivity index (χ0v) is 28.7. The monoisotopic (exact) mass is 609 g/mol. The van der Waals surface area contributed by atoms with Crippen LogP contribution in [0.1, 0.15) is 181 Å². The lowest BCUT2D eigenvalue weighted by molar-refractivity contribution is -0.144. The van der Waals surface area contributed by atoms with Crippen molar-refractivity contribution < 1.29 is 19.1 Å². The van der Waals surface area contributed by atoms with E-state index in [1.165, 1.54) is 103 Å². The summed E-state index contributed by atoms with van der Waals surface area (Å²) < 4.78 is 11.1. The Labute approximate surface area is 267 Å². The average molecular weight is 609 g/mol. The zero-order chi connectivity index (χ0) is 31.2. The topological polar surface area (TPSA) is 81.9 Å². The van der Waals surface area contributed by atoms with E-state index in [2.05, 4.69) is 18.7 Å². The Morgan fingerprint density at radius 2 is 0.907 bits per heavy atom. The highest BCUT2D eigenvalue weighted by Gasteiger charge is 2.22. The van der Waals surface area contributed by atoms with Gasteiger partial charge in [-0.3, -0.25) is 9.59 Å². The molecule has 0 aliphatic heterocycles. The fourth-order valence-electron chi connectivity index (χ4n) is 6.22. The molecule has 0 bridgehead atoms. The molecule has 0 amide bonds. The minimum atomic E-state index is -0.116. The number of carbonyl (C=O) groups is 2. The van der Waals surface area contributed by atoms with E-state index >= 15 is 0 Å². The van der Waals surface area contributed by atoms with Crippen molar-refractivity contribution >= 4 is 11.9 Å². The number of hydrogen-bond acceptors (Lipinski definition) is 6. The predicted octanol–water partition coefficient (Wildman–Crippen LogP) is 9.51. The minimum absolute atomic E-state index is 0.116. The first kappa shape index (κ1) is 39.9. The molecule has 0 aromatic rings. The van der Waals surface area contributed by atoms with Gasteiger partial charge in [0.05, 0.1) is 26.1 Å². The molecule has 6 heteroatoms. The van der Waals surface area contributed by atoms with Gasteiger partial charge in [0.2, 0.25) is 0 Å². The molecule has 43 heavy (non-hydrogen) atoms. The summed E-state index contributed by atoms with van der Waals surface area (Å²) in [4.78, 5) is 27.2. The highest BCUT2D eigenvalue weighted by molar-refractivity contribution is 5.70. The standard InChI is InChI=1S/C37H72N2O4/c1-3-5-7-9-11-13-15-17-19-21-31-42-36(40)27-29-39(33-34-23-25-35(38)26-24-34)30-28-37(41)43-32-22-20-18-16-14-12-10-8-6-4-2/h34-35H,3-33,38H2,1-2H3. The number of rotatable bonds is 30. The van der Waals surface area contributed by atoms with Gasteiger partial charge in [-0.15, -0.1) is 0 Å². The molecule has 0 spiro atoms. The molecule has 6 nitrogen and oxygen atoms in total. The van der Waals surface area contributed by atoms with E-state index in [-0.39, 0.29) is 11.9 Å². The van der Waals surface area contributed by atoms with Gasteiger partial charge in [0.15, 0.2) is 0 Å². The third-order valence-electron chi connectivity index (χ3n) is 9.19. The van der Waals surface area contributed by atoms with Gasteiger partial charge >= 0.3 is 11.9 Å². The lowest BCUT2D eigenvalue weighted by atomic mass is 9.86. The molecule has 1 aliphatic carbocycles. The van der Waals surface area contributed by atoms with Crippen molar-refractivity contribution in [3.63, 3.8) is 0 Å². The van der Waals surface area contributed by atoms with Gasteiger partial charge in [-0.05, 0) is 44.4 Å². The van der Waals surface area contributed by atoms with Gasteiger partial charge in [-0.25, -0.2) is 0 Å². The second-order valence-electron chi connectivity index (χ2n) is 13.4. The summed E-state index contributed by atoms with van der Waals surface area (Å²) in [6.07, 6.45) is 30.6. The molecule has 0 radical (unpaired) electrons. The zero-order valence-electron chi connectivity index (χ0n) is 28.7. The normalized spacial score (nSPS) is 16.9. The molecule has 1 fully saturated rings. The number of unbranched alkanes of at least 4 members (excludes halogenated alkanes) is 18. The van der Waals surface area contributed by atoms with Crippen LogP contribution in [0.15, 0.2) is 0 Å². The maximum absolute atomic E-state index is 12.5. The van der Waals surface area contributed by atoms with E-state index in [9.17, 15) is 9.59 Å². The molecule has 1 aliphatic rings. The number of nitrogens with two attached hydrogens (primary N) is 1. The largest absolute Gasteiger partial charge is 0.466 e. The molecule has 0 unspecified atom stereocenters. The Bertz CT molecular complexity index is 594. The Morgan fingerprint density at radius 3 is 1.28 bits per heavy atom. The molecule has 0 heterocycles. The number of hydrogen-bond donors (Lipinski definition) is 1. The Balaban J connectivity index is 2.18. The molecule has 0 aromatic heterocycles. The van der Waals surface area contributed by atoms with E-state index < -0.39 is 0 Å². The Hall–Kier alpha value is -1.14. The fourth-order valence-corrected chi connectivity index (χ4v) is 6.22. The molecule has 0 aromatic carbocycles. The van der Waals surface area contributed by atoms with Gasteiger partial charge in [-0.2, -0.15) is 0 Å². The maximum Gasteiger partial charge on any atom is 0.307 e. The first-order valence-corrected chi connectivity index (χ1v) is 18.8. The Morgan fingerprint density at radius 1 is 0.558 bits per heavy atom. The van der Waals surface area contributed by atoms with Crippen molar-refractivity contribution in [3.05, 3.63) is 0 Å². The predicted molar refractivity (Wildman–Crippen MR) is 181 cm³/mol. The van der Waals surface area contributed by atoms with Gasteiger partial charge in [-0.1, -0.05) is 129 Å². The maximum atomic E-state index is 12.5. The molecule has 2 N–H and O–H groups in total. The van der Waals surface area contributed by atoms with Crippen LogP contribution in [0, 0.1) is 5.92 Å². The van der Waals surface area contributed by atoms with Crippen molar-refractivity contribution in [1.29, 1.82) is 0 Å². The minimum Gasteiger partial charge on any atom is -0.466 e.